The highest BCUT2D eigenvalue weighted by molar-refractivity contribution is 14.0. The van der Waals surface area contributed by atoms with Gasteiger partial charge in [0, 0.05) is 44.5 Å². The molecule has 0 aliphatic heterocycles. The van der Waals surface area contributed by atoms with Crippen LogP contribution < -0.4 is 10.6 Å². The molecule has 1 aromatic heterocycles. The lowest BCUT2D eigenvalue weighted by atomic mass is 9.64. The maximum Gasteiger partial charge on any atom is 0.191 e. The minimum absolute atomic E-state index is 0. The third-order valence-corrected chi connectivity index (χ3v) is 4.74. The second-order valence-electron chi connectivity index (χ2n) is 6.15. The number of halogens is 1. The molecule has 1 saturated carbocycles. The van der Waals surface area contributed by atoms with E-state index in [9.17, 15) is 0 Å². The summed E-state index contributed by atoms with van der Waals surface area (Å²) >= 11 is 0. The van der Waals surface area contributed by atoms with E-state index in [-0.39, 0.29) is 29.4 Å². The summed E-state index contributed by atoms with van der Waals surface area (Å²) in [5, 5.41) is 6.87. The fourth-order valence-corrected chi connectivity index (χ4v) is 3.16. The Hall–Kier alpha value is -1.57. The van der Waals surface area contributed by atoms with E-state index in [0.29, 0.717) is 0 Å². The van der Waals surface area contributed by atoms with E-state index in [1.165, 1.54) is 24.8 Å². The van der Waals surface area contributed by atoms with Crippen LogP contribution in [0.1, 0.15) is 24.8 Å². The fourth-order valence-electron chi connectivity index (χ4n) is 3.16. The Balaban J connectivity index is 0.00000208. The number of hydrogen-bond donors (Lipinski definition) is 2. The Bertz CT molecular complexity index is 620. The van der Waals surface area contributed by atoms with Gasteiger partial charge in [0.15, 0.2) is 5.96 Å². The summed E-state index contributed by atoms with van der Waals surface area (Å²) < 4.78 is 2.05. The third kappa shape index (κ3) is 4.49. The second kappa shape index (κ2) is 9.05. The van der Waals surface area contributed by atoms with E-state index in [0.717, 1.165) is 25.6 Å². The quantitative estimate of drug-likeness (QED) is 0.414. The number of nitrogens with zero attached hydrogens (tertiary/aromatic N) is 3. The summed E-state index contributed by atoms with van der Waals surface area (Å²) in [7, 11) is 1.82. The molecular formula is C18H26IN5. The summed E-state index contributed by atoms with van der Waals surface area (Å²) in [6.07, 6.45) is 9.40. The van der Waals surface area contributed by atoms with Gasteiger partial charge in [-0.3, -0.25) is 4.99 Å². The van der Waals surface area contributed by atoms with Crippen molar-refractivity contribution in [3.8, 4) is 0 Å². The van der Waals surface area contributed by atoms with Crippen LogP contribution in [0.25, 0.3) is 0 Å². The van der Waals surface area contributed by atoms with Crippen LogP contribution in [0, 0.1) is 0 Å². The fraction of sp³-hybridized carbons (Fsp3) is 0.444. The van der Waals surface area contributed by atoms with Gasteiger partial charge >= 0.3 is 0 Å². The molecule has 5 nitrogen and oxygen atoms in total. The maximum absolute atomic E-state index is 4.33. The van der Waals surface area contributed by atoms with Crippen LogP contribution in [0.4, 0.5) is 0 Å². The molecule has 3 rings (SSSR count). The molecule has 1 aliphatic rings. The lowest BCUT2D eigenvalue weighted by molar-refractivity contribution is 0.244. The van der Waals surface area contributed by atoms with Gasteiger partial charge in [-0.25, -0.2) is 4.98 Å². The van der Waals surface area contributed by atoms with E-state index >= 15 is 0 Å². The van der Waals surface area contributed by atoms with Gasteiger partial charge < -0.3 is 15.2 Å². The molecule has 0 atom stereocenters. The van der Waals surface area contributed by atoms with Crippen LogP contribution in [-0.4, -0.2) is 35.6 Å². The molecule has 0 bridgehead atoms. The van der Waals surface area contributed by atoms with Gasteiger partial charge in [0.1, 0.15) is 0 Å². The SMILES string of the molecule is CN=C(NCCn1ccnc1)NCC1(c2ccccc2)CCC1.I. The molecule has 1 aliphatic carbocycles. The molecule has 6 heteroatoms. The molecule has 0 amide bonds. The van der Waals surface area contributed by atoms with E-state index in [1.807, 2.05) is 19.6 Å². The molecule has 0 radical (unpaired) electrons. The van der Waals surface area contributed by atoms with E-state index in [4.69, 9.17) is 0 Å². The molecule has 0 spiro atoms. The smallest absolute Gasteiger partial charge is 0.191 e. The zero-order valence-corrected chi connectivity index (χ0v) is 16.4. The van der Waals surface area contributed by atoms with Gasteiger partial charge in [0.2, 0.25) is 0 Å². The molecule has 2 N–H and O–H groups in total. The molecule has 2 aromatic rings. The van der Waals surface area contributed by atoms with Gasteiger partial charge in [-0.1, -0.05) is 36.8 Å². The van der Waals surface area contributed by atoms with Gasteiger partial charge in [-0.15, -0.1) is 24.0 Å². The summed E-state index contributed by atoms with van der Waals surface area (Å²) in [5.41, 5.74) is 1.70. The largest absolute Gasteiger partial charge is 0.356 e. The van der Waals surface area contributed by atoms with Crippen molar-refractivity contribution >= 4 is 29.9 Å². The van der Waals surface area contributed by atoms with Crippen molar-refractivity contribution in [2.24, 2.45) is 4.99 Å². The number of rotatable bonds is 6. The first-order chi connectivity index (χ1) is 11.3. The highest BCUT2D eigenvalue weighted by Crippen LogP contribution is 2.43. The molecule has 24 heavy (non-hydrogen) atoms. The van der Waals surface area contributed by atoms with Crippen molar-refractivity contribution in [3.05, 3.63) is 54.6 Å². The minimum atomic E-state index is 0. The van der Waals surface area contributed by atoms with Crippen molar-refractivity contribution in [2.75, 3.05) is 20.1 Å². The van der Waals surface area contributed by atoms with Gasteiger partial charge in [0.05, 0.1) is 6.33 Å². The Morgan fingerprint density at radius 3 is 2.62 bits per heavy atom. The third-order valence-electron chi connectivity index (χ3n) is 4.74. The second-order valence-corrected chi connectivity index (χ2v) is 6.15. The van der Waals surface area contributed by atoms with Crippen molar-refractivity contribution in [3.63, 3.8) is 0 Å². The van der Waals surface area contributed by atoms with Gasteiger partial charge in [0.25, 0.3) is 0 Å². The first-order valence-electron chi connectivity index (χ1n) is 8.28. The average molecular weight is 439 g/mol. The van der Waals surface area contributed by atoms with Gasteiger partial charge in [-0.2, -0.15) is 0 Å². The first-order valence-corrected chi connectivity index (χ1v) is 8.28. The summed E-state index contributed by atoms with van der Waals surface area (Å²) in [5.74, 6) is 0.868. The molecule has 1 fully saturated rings. The molecule has 130 valence electrons. The minimum Gasteiger partial charge on any atom is -0.356 e. The van der Waals surface area contributed by atoms with E-state index < -0.39 is 0 Å². The van der Waals surface area contributed by atoms with Crippen LogP contribution in [-0.2, 0) is 12.0 Å². The Kier molecular flexibility index (Phi) is 7.08. The van der Waals surface area contributed by atoms with Crippen LogP contribution >= 0.6 is 24.0 Å². The van der Waals surface area contributed by atoms with Gasteiger partial charge in [-0.05, 0) is 18.4 Å². The van der Waals surface area contributed by atoms with E-state index in [2.05, 4.69) is 55.5 Å². The maximum atomic E-state index is 4.33. The van der Waals surface area contributed by atoms with Crippen molar-refractivity contribution < 1.29 is 0 Å². The normalized spacial score (nSPS) is 16.0. The lowest BCUT2D eigenvalue weighted by Crippen LogP contribution is -2.49. The van der Waals surface area contributed by atoms with E-state index in [1.54, 1.807) is 6.20 Å². The van der Waals surface area contributed by atoms with Crippen molar-refractivity contribution in [2.45, 2.75) is 31.2 Å². The predicted octanol–water partition coefficient (Wildman–Crippen LogP) is 2.79. The number of guanidine groups is 1. The average Bonchev–Trinajstić information content (AvgIpc) is 3.06. The zero-order valence-electron chi connectivity index (χ0n) is 14.1. The topological polar surface area (TPSA) is 54.2 Å². The van der Waals surface area contributed by atoms with Crippen LogP contribution in [0.2, 0.25) is 0 Å². The number of benzene rings is 1. The molecule has 0 saturated heterocycles. The zero-order chi connectivity index (χ0) is 16.0. The predicted molar refractivity (Wildman–Crippen MR) is 109 cm³/mol. The highest BCUT2D eigenvalue weighted by atomic mass is 127. The Morgan fingerprint density at radius 1 is 1.25 bits per heavy atom. The van der Waals surface area contributed by atoms with Crippen LogP contribution in [0.3, 0.4) is 0 Å². The first kappa shape index (κ1) is 18.8. The number of aromatic nitrogens is 2. The Labute approximate surface area is 161 Å². The molecule has 1 aromatic carbocycles. The number of hydrogen-bond acceptors (Lipinski definition) is 2. The molecular weight excluding hydrogens is 413 g/mol. The highest BCUT2D eigenvalue weighted by Gasteiger charge is 2.38. The number of nitrogens with one attached hydrogen (secondary N) is 2. The van der Waals surface area contributed by atoms with Crippen LogP contribution in [0.15, 0.2) is 54.0 Å². The summed E-state index contributed by atoms with van der Waals surface area (Å²) in [6.45, 7) is 2.64. The van der Waals surface area contributed by atoms with Crippen molar-refractivity contribution in [1.29, 1.82) is 0 Å². The summed E-state index contributed by atoms with van der Waals surface area (Å²) in [6, 6.07) is 10.8. The lowest BCUT2D eigenvalue weighted by Gasteiger charge is -2.43. The van der Waals surface area contributed by atoms with Crippen molar-refractivity contribution in [1.82, 2.24) is 20.2 Å². The number of imidazole rings is 1. The standard InChI is InChI=1S/C18H25N5.HI/c1-19-17(21-11-13-23-12-10-20-15-23)22-14-18(8-5-9-18)16-6-3-2-4-7-16;/h2-4,6-7,10,12,15H,5,8-9,11,13-14H2,1H3,(H2,19,21,22);1H. The Morgan fingerprint density at radius 2 is 2.04 bits per heavy atom. The monoisotopic (exact) mass is 439 g/mol. The molecule has 0 unspecified atom stereocenters. The summed E-state index contributed by atoms with van der Waals surface area (Å²) in [4.78, 5) is 8.38. The number of aliphatic imine (C=N–C) groups is 1. The molecule has 1 heterocycles. The van der Waals surface area contributed by atoms with Crippen LogP contribution in [0.5, 0.6) is 0 Å².